The highest BCUT2D eigenvalue weighted by molar-refractivity contribution is 6.33. The Kier molecular flexibility index (Phi) is 7.03. The number of rotatable bonds is 4. The second-order valence-electron chi connectivity index (χ2n) is 8.27. The lowest BCUT2D eigenvalue weighted by Crippen LogP contribution is -2.32. The van der Waals surface area contributed by atoms with Crippen LogP contribution in [0.3, 0.4) is 0 Å². The van der Waals surface area contributed by atoms with Gasteiger partial charge in [0, 0.05) is 18.7 Å². The lowest BCUT2D eigenvalue weighted by atomic mass is 9.88. The van der Waals surface area contributed by atoms with Gasteiger partial charge < -0.3 is 15.4 Å². The number of alkyl carbamates (subject to hydrolysis) is 1. The van der Waals surface area contributed by atoms with E-state index >= 15 is 8.78 Å². The van der Waals surface area contributed by atoms with Crippen LogP contribution in [0.5, 0.6) is 0 Å². The summed E-state index contributed by atoms with van der Waals surface area (Å²) in [6, 6.07) is 2.02. The van der Waals surface area contributed by atoms with Gasteiger partial charge in [-0.2, -0.15) is 19.6 Å². The van der Waals surface area contributed by atoms with Crippen LogP contribution >= 0.6 is 11.6 Å². The van der Waals surface area contributed by atoms with Crippen LogP contribution in [0.25, 0.3) is 16.9 Å². The number of anilines is 1. The second kappa shape index (κ2) is 9.58. The summed E-state index contributed by atoms with van der Waals surface area (Å²) in [5, 5.41) is 9.54. The van der Waals surface area contributed by atoms with E-state index in [-0.39, 0.29) is 51.5 Å². The van der Waals surface area contributed by atoms with Crippen LogP contribution in [-0.4, -0.2) is 45.4 Å². The molecule has 8 nitrogen and oxygen atoms in total. The Balaban J connectivity index is 2.09. The lowest BCUT2D eigenvalue weighted by Gasteiger charge is -2.30. The first-order valence-electron chi connectivity index (χ1n) is 10.0. The van der Waals surface area contributed by atoms with E-state index in [1.165, 1.54) is 17.9 Å². The Morgan fingerprint density at radius 1 is 1.27 bits per heavy atom. The molecule has 0 bridgehead atoms. The minimum absolute atomic E-state index is 0.0169. The molecule has 1 aromatic carbocycles. The molecular weight excluding hydrogens is 454 g/mol. The van der Waals surface area contributed by atoms with Gasteiger partial charge in [0.05, 0.1) is 11.1 Å². The summed E-state index contributed by atoms with van der Waals surface area (Å²) in [5.74, 6) is 3.77. The molecule has 0 aliphatic heterocycles. The van der Waals surface area contributed by atoms with Gasteiger partial charge in [0.15, 0.2) is 6.61 Å². The molecule has 2 heterocycles. The van der Waals surface area contributed by atoms with Crippen molar-refractivity contribution >= 4 is 29.3 Å². The molecule has 0 unspecified atom stereocenters. The highest BCUT2D eigenvalue weighted by Gasteiger charge is 2.27. The number of carbonyl (C=O) groups is 1. The molecule has 0 aliphatic carbocycles. The van der Waals surface area contributed by atoms with Crippen molar-refractivity contribution in [1.82, 2.24) is 24.9 Å². The third-order valence-corrected chi connectivity index (χ3v) is 5.31. The van der Waals surface area contributed by atoms with Gasteiger partial charge in [-0.25, -0.2) is 13.6 Å². The Morgan fingerprint density at radius 3 is 2.55 bits per heavy atom. The summed E-state index contributed by atoms with van der Waals surface area (Å²) in [4.78, 5) is 19.2. The SMILES string of the molecule is CNC(=O)OCC#Cc1cc(F)c(-c2c(Cl)nc3ncnn3c2N[C@H](C)C(C)(C)C)c(F)c1. The number of aromatic nitrogens is 4. The van der Waals surface area contributed by atoms with Crippen molar-refractivity contribution in [2.75, 3.05) is 19.0 Å². The number of nitrogens with one attached hydrogen (secondary N) is 2. The molecule has 0 aliphatic rings. The molecule has 0 spiro atoms. The van der Waals surface area contributed by atoms with Crippen molar-refractivity contribution in [2.24, 2.45) is 5.41 Å². The maximum atomic E-state index is 15.2. The maximum Gasteiger partial charge on any atom is 0.407 e. The van der Waals surface area contributed by atoms with E-state index in [2.05, 4.69) is 37.5 Å². The zero-order chi connectivity index (χ0) is 24.3. The number of hydrogen-bond donors (Lipinski definition) is 2. The van der Waals surface area contributed by atoms with Gasteiger partial charge in [-0.1, -0.05) is 44.2 Å². The van der Waals surface area contributed by atoms with Gasteiger partial charge in [0.25, 0.3) is 5.78 Å². The van der Waals surface area contributed by atoms with Gasteiger partial charge in [-0.15, -0.1) is 0 Å². The van der Waals surface area contributed by atoms with Gasteiger partial charge >= 0.3 is 6.09 Å². The Labute approximate surface area is 194 Å². The summed E-state index contributed by atoms with van der Waals surface area (Å²) in [7, 11) is 1.40. The van der Waals surface area contributed by atoms with Crippen molar-refractivity contribution in [3.05, 3.63) is 40.8 Å². The number of carbonyl (C=O) groups excluding carboxylic acids is 1. The van der Waals surface area contributed by atoms with Crippen molar-refractivity contribution in [3.63, 3.8) is 0 Å². The van der Waals surface area contributed by atoms with E-state index in [0.29, 0.717) is 0 Å². The summed E-state index contributed by atoms with van der Waals surface area (Å²) < 4.78 is 36.5. The van der Waals surface area contributed by atoms with Crippen LogP contribution in [0.1, 0.15) is 33.3 Å². The minimum atomic E-state index is -0.888. The molecule has 0 saturated heterocycles. The van der Waals surface area contributed by atoms with Crippen LogP contribution in [-0.2, 0) is 4.74 Å². The monoisotopic (exact) mass is 476 g/mol. The normalized spacial score (nSPS) is 12.1. The van der Waals surface area contributed by atoms with Crippen LogP contribution in [0, 0.1) is 28.9 Å². The van der Waals surface area contributed by atoms with Crippen molar-refractivity contribution in [2.45, 2.75) is 33.7 Å². The fourth-order valence-electron chi connectivity index (χ4n) is 2.79. The minimum Gasteiger partial charge on any atom is -0.436 e. The Morgan fingerprint density at radius 2 is 1.94 bits per heavy atom. The van der Waals surface area contributed by atoms with Gasteiger partial charge in [0.2, 0.25) is 0 Å². The molecule has 174 valence electrons. The van der Waals surface area contributed by atoms with Crippen LogP contribution in [0.15, 0.2) is 18.5 Å². The van der Waals surface area contributed by atoms with E-state index in [1.54, 1.807) is 0 Å². The Bertz CT molecular complexity index is 1240. The number of ether oxygens (including phenoxy) is 1. The maximum absolute atomic E-state index is 15.2. The highest BCUT2D eigenvalue weighted by Crippen LogP contribution is 2.39. The molecule has 2 aromatic heterocycles. The third-order valence-electron chi connectivity index (χ3n) is 5.04. The molecule has 1 amide bonds. The number of halogens is 3. The van der Waals surface area contributed by atoms with Gasteiger partial charge in [0.1, 0.15) is 28.9 Å². The smallest absolute Gasteiger partial charge is 0.407 e. The molecule has 11 heteroatoms. The predicted octanol–water partition coefficient (Wildman–Crippen LogP) is 4.28. The van der Waals surface area contributed by atoms with E-state index in [1.807, 2.05) is 27.7 Å². The van der Waals surface area contributed by atoms with Crippen molar-refractivity contribution in [1.29, 1.82) is 0 Å². The summed E-state index contributed by atoms with van der Waals surface area (Å²) >= 11 is 6.38. The molecule has 1 atom stereocenters. The topological polar surface area (TPSA) is 93.4 Å². The molecular formula is C22H23ClF2N6O2. The zero-order valence-electron chi connectivity index (χ0n) is 18.8. The van der Waals surface area contributed by atoms with E-state index < -0.39 is 17.7 Å². The van der Waals surface area contributed by atoms with Crippen molar-refractivity contribution < 1.29 is 18.3 Å². The fraction of sp³-hybridized carbons (Fsp3) is 0.364. The van der Waals surface area contributed by atoms with E-state index in [9.17, 15) is 4.79 Å². The first-order chi connectivity index (χ1) is 15.5. The largest absolute Gasteiger partial charge is 0.436 e. The third kappa shape index (κ3) is 5.31. The zero-order valence-corrected chi connectivity index (χ0v) is 19.5. The number of amides is 1. The number of benzene rings is 1. The quantitative estimate of drug-likeness (QED) is 0.431. The molecule has 33 heavy (non-hydrogen) atoms. The Hall–Kier alpha value is -3.45. The molecule has 3 aromatic rings. The summed E-state index contributed by atoms with van der Waals surface area (Å²) in [6.07, 6.45) is 0.619. The molecule has 0 saturated carbocycles. The highest BCUT2D eigenvalue weighted by atomic mass is 35.5. The van der Waals surface area contributed by atoms with Crippen LogP contribution < -0.4 is 10.6 Å². The van der Waals surface area contributed by atoms with Crippen LogP contribution in [0.2, 0.25) is 5.15 Å². The lowest BCUT2D eigenvalue weighted by molar-refractivity contribution is 0.162. The standard InChI is InChI=1S/C22H23ClF2N6O2/c1-12(22(2,3)4)29-19-17(18(23)30-20-27-11-28-31(19)20)16-14(24)9-13(10-15(16)25)7-6-8-33-21(32)26-5/h9-12,29H,8H2,1-5H3,(H,26,32)/t12-/m1/s1. The van der Waals surface area contributed by atoms with E-state index in [0.717, 1.165) is 12.1 Å². The molecule has 2 N–H and O–H groups in total. The first-order valence-corrected chi connectivity index (χ1v) is 10.4. The molecule has 0 radical (unpaired) electrons. The van der Waals surface area contributed by atoms with E-state index in [4.69, 9.17) is 16.3 Å². The second-order valence-corrected chi connectivity index (χ2v) is 8.63. The average Bonchev–Trinajstić information content (AvgIpc) is 3.19. The van der Waals surface area contributed by atoms with Gasteiger partial charge in [-0.3, -0.25) is 0 Å². The van der Waals surface area contributed by atoms with Gasteiger partial charge in [-0.05, 0) is 24.5 Å². The number of nitrogens with zero attached hydrogens (tertiary/aromatic N) is 4. The average molecular weight is 477 g/mol. The number of hydrogen-bond acceptors (Lipinski definition) is 6. The van der Waals surface area contributed by atoms with Crippen molar-refractivity contribution in [3.8, 4) is 23.0 Å². The summed E-state index contributed by atoms with van der Waals surface area (Å²) in [5.41, 5.74) is -0.477. The molecule has 3 rings (SSSR count). The fourth-order valence-corrected chi connectivity index (χ4v) is 3.05. The summed E-state index contributed by atoms with van der Waals surface area (Å²) in [6.45, 7) is 7.77. The number of fused-ring (bicyclic) bond motifs is 1. The van der Waals surface area contributed by atoms with Crippen LogP contribution in [0.4, 0.5) is 19.4 Å². The first kappa shape index (κ1) is 24.2. The molecule has 0 fully saturated rings. The predicted molar refractivity (Wildman–Crippen MR) is 121 cm³/mol.